The molecule has 1 aliphatic rings. The number of aromatic hydroxyl groups is 1. The lowest BCUT2D eigenvalue weighted by atomic mass is 9.99. The van der Waals surface area contributed by atoms with Crippen LogP contribution < -0.4 is 31.9 Å². The molecule has 0 aliphatic carbocycles. The molecule has 6 unspecified atom stereocenters. The molecule has 17 nitrogen and oxygen atoms in total. The number of aromatic amines is 1. The van der Waals surface area contributed by atoms with Gasteiger partial charge in [-0.2, -0.15) is 0 Å². The molecule has 3 aromatic carbocycles. The minimum Gasteiger partial charge on any atom is -0.508 e. The van der Waals surface area contributed by atoms with Crippen LogP contribution in [0.2, 0.25) is 0 Å². The highest BCUT2D eigenvalue weighted by Gasteiger charge is 2.35. The van der Waals surface area contributed by atoms with Gasteiger partial charge in [-0.3, -0.25) is 24.0 Å². The van der Waals surface area contributed by atoms with Gasteiger partial charge < -0.3 is 52.0 Å². The van der Waals surface area contributed by atoms with E-state index in [0.717, 1.165) is 22.0 Å². The Morgan fingerprint density at radius 3 is 2.19 bits per heavy atom. The minimum atomic E-state index is -1.36. The first kappa shape index (κ1) is 47.1. The molecule has 0 spiro atoms. The number of likely N-dealkylation sites (N-methyl/N-ethyl adjacent to an activating group) is 1. The van der Waals surface area contributed by atoms with Crippen LogP contribution in [0, 0.1) is 5.92 Å². The Bertz CT molecular complexity index is 2230. The third-order valence-electron chi connectivity index (χ3n) is 11.3. The number of aliphatic carboxylic acids is 1. The maximum atomic E-state index is 14.2. The fourth-order valence-corrected chi connectivity index (χ4v) is 7.40. The summed E-state index contributed by atoms with van der Waals surface area (Å²) in [4.78, 5) is 100. The van der Waals surface area contributed by atoms with Crippen molar-refractivity contribution < 1.29 is 43.8 Å². The topological polar surface area (TPSA) is 251 Å². The molecule has 0 radical (unpaired) electrons. The Hall–Kier alpha value is -6.91. The standard InChI is InChI=1S/C46H58N8O9/c1-27(2)39-43(59)49-36(22-19-29-17-20-32(55)21-18-29)44(60)54(4)28(3)40(56)50-37(24-30-12-6-5-7-13-30)41(57)47-23-11-10-16-35(42(58)53-39)51-46(63)52-38(45(61)62)25-31-26-48-34-15-9-8-14-33(31)34/h5-9,12-15,17-18,20-21,26-28,35-39,48,55H,10-11,16,19,22-25H2,1-4H3,(H,47,57)(H,49,59)(H,50,56)(H,53,58)(H,61,62)(H2,51,52,63). The van der Waals surface area contributed by atoms with E-state index in [0.29, 0.717) is 24.8 Å². The van der Waals surface area contributed by atoms with Crippen molar-refractivity contribution in [1.29, 1.82) is 0 Å². The normalized spacial score (nSPS) is 21.5. The van der Waals surface area contributed by atoms with Gasteiger partial charge in [0.25, 0.3) is 0 Å². The predicted molar refractivity (Wildman–Crippen MR) is 235 cm³/mol. The smallest absolute Gasteiger partial charge is 0.326 e. The largest absolute Gasteiger partial charge is 0.508 e. The number of carbonyl (C=O) groups excluding carboxylic acids is 6. The number of hydrogen-bond donors (Lipinski definition) is 9. The molecule has 0 bridgehead atoms. The van der Waals surface area contributed by atoms with Crippen molar-refractivity contribution in [3.8, 4) is 5.75 Å². The molecule has 9 N–H and O–H groups in total. The van der Waals surface area contributed by atoms with Crippen LogP contribution in [-0.2, 0) is 48.0 Å². The average molecular weight is 867 g/mol. The van der Waals surface area contributed by atoms with Gasteiger partial charge in [0.15, 0.2) is 0 Å². The number of nitrogens with one attached hydrogen (secondary N) is 7. The molecule has 6 atom stereocenters. The Labute approximate surface area is 366 Å². The fraction of sp³-hybridized carbons (Fsp3) is 0.413. The summed E-state index contributed by atoms with van der Waals surface area (Å²) in [6, 6.07) is 14.9. The number of amides is 7. The van der Waals surface area contributed by atoms with E-state index in [2.05, 4.69) is 36.9 Å². The molecule has 17 heteroatoms. The van der Waals surface area contributed by atoms with Crippen LogP contribution in [0.25, 0.3) is 10.9 Å². The second-order valence-electron chi connectivity index (χ2n) is 16.3. The first-order chi connectivity index (χ1) is 30.1. The first-order valence-corrected chi connectivity index (χ1v) is 21.2. The van der Waals surface area contributed by atoms with Gasteiger partial charge in [0.2, 0.25) is 29.5 Å². The highest BCUT2D eigenvalue weighted by Crippen LogP contribution is 2.20. The van der Waals surface area contributed by atoms with E-state index in [4.69, 9.17) is 0 Å². The zero-order valence-corrected chi connectivity index (χ0v) is 36.0. The molecule has 5 rings (SSSR count). The molecular weight excluding hydrogens is 809 g/mol. The van der Waals surface area contributed by atoms with E-state index >= 15 is 0 Å². The predicted octanol–water partition coefficient (Wildman–Crippen LogP) is 2.67. The number of phenolic OH excluding ortho intramolecular Hbond substituents is 1. The Balaban J connectivity index is 1.40. The summed E-state index contributed by atoms with van der Waals surface area (Å²) in [5.74, 6) is -4.79. The zero-order valence-electron chi connectivity index (χ0n) is 36.0. The summed E-state index contributed by atoms with van der Waals surface area (Å²) in [5.41, 5.74) is 3.02. The maximum absolute atomic E-state index is 14.2. The van der Waals surface area contributed by atoms with Crippen molar-refractivity contribution >= 4 is 52.4 Å². The van der Waals surface area contributed by atoms with Gasteiger partial charge >= 0.3 is 12.0 Å². The Morgan fingerprint density at radius 1 is 0.810 bits per heavy atom. The maximum Gasteiger partial charge on any atom is 0.326 e. The van der Waals surface area contributed by atoms with Crippen LogP contribution in [-0.4, -0.2) is 111 Å². The molecule has 63 heavy (non-hydrogen) atoms. The number of hydrogen-bond acceptors (Lipinski definition) is 8. The number of phenols is 1. The second-order valence-corrected chi connectivity index (χ2v) is 16.3. The molecule has 1 aliphatic heterocycles. The number of fused-ring (bicyclic) bond motifs is 1. The molecule has 0 saturated carbocycles. The average Bonchev–Trinajstić information content (AvgIpc) is 3.67. The van der Waals surface area contributed by atoms with Crippen molar-refractivity contribution in [3.05, 3.63) is 102 Å². The third kappa shape index (κ3) is 13.3. The van der Waals surface area contributed by atoms with Gasteiger partial charge in [0.05, 0.1) is 0 Å². The van der Waals surface area contributed by atoms with E-state index < -0.39 is 83.7 Å². The lowest BCUT2D eigenvalue weighted by Gasteiger charge is -2.31. The van der Waals surface area contributed by atoms with Crippen molar-refractivity contribution in [2.45, 2.75) is 102 Å². The molecule has 1 saturated heterocycles. The fourth-order valence-electron chi connectivity index (χ4n) is 7.40. The summed E-state index contributed by atoms with van der Waals surface area (Å²) in [6.07, 6.45) is 2.87. The van der Waals surface area contributed by atoms with Crippen LogP contribution in [0.3, 0.4) is 0 Å². The van der Waals surface area contributed by atoms with Crippen LogP contribution in [0.1, 0.15) is 63.1 Å². The van der Waals surface area contributed by atoms with E-state index in [1.807, 2.05) is 54.6 Å². The number of carboxylic acid groups (broad SMARTS) is 1. The van der Waals surface area contributed by atoms with Gasteiger partial charge in [-0.25, -0.2) is 9.59 Å². The third-order valence-corrected chi connectivity index (χ3v) is 11.3. The zero-order chi connectivity index (χ0) is 45.6. The number of aromatic nitrogens is 1. The monoisotopic (exact) mass is 866 g/mol. The van der Waals surface area contributed by atoms with Crippen molar-refractivity contribution in [2.24, 2.45) is 5.92 Å². The summed E-state index contributed by atoms with van der Waals surface area (Å²) in [6.45, 7) is 5.09. The molecular formula is C46H58N8O9. The van der Waals surface area contributed by atoms with E-state index in [-0.39, 0.29) is 38.0 Å². The number of carbonyl (C=O) groups is 7. The minimum absolute atomic E-state index is 0.0436. The Kier molecular flexibility index (Phi) is 16.7. The summed E-state index contributed by atoms with van der Waals surface area (Å²) >= 11 is 0. The van der Waals surface area contributed by atoms with Gasteiger partial charge in [0, 0.05) is 43.5 Å². The molecule has 1 aromatic heterocycles. The number of benzene rings is 3. The van der Waals surface area contributed by atoms with Crippen LogP contribution in [0.5, 0.6) is 5.75 Å². The van der Waals surface area contributed by atoms with Crippen LogP contribution in [0.4, 0.5) is 4.79 Å². The molecule has 4 aromatic rings. The van der Waals surface area contributed by atoms with Gasteiger partial charge in [-0.1, -0.05) is 74.5 Å². The molecule has 7 amide bonds. The summed E-state index contributed by atoms with van der Waals surface area (Å²) in [7, 11) is 1.43. The molecule has 336 valence electrons. The number of aryl methyl sites for hydroxylation is 1. The lowest BCUT2D eigenvalue weighted by Crippen LogP contribution is -2.60. The van der Waals surface area contributed by atoms with Crippen molar-refractivity contribution in [1.82, 2.24) is 41.8 Å². The number of para-hydroxylation sites is 1. The van der Waals surface area contributed by atoms with E-state index in [1.165, 1.54) is 31.0 Å². The van der Waals surface area contributed by atoms with Gasteiger partial charge in [-0.05, 0) is 79.8 Å². The molecule has 2 heterocycles. The SMILES string of the molecule is CC(C)C1NC(=O)C(NC(=O)NC(Cc2c[nH]c3ccccc23)C(=O)O)CCCCNC(=O)C(Cc2ccccc2)NC(=O)C(C)N(C)C(=O)C(CCc2ccc(O)cc2)NC1=O. The van der Waals surface area contributed by atoms with Gasteiger partial charge in [0.1, 0.15) is 42.0 Å². The highest BCUT2D eigenvalue weighted by atomic mass is 16.4. The van der Waals surface area contributed by atoms with Crippen LogP contribution in [0.15, 0.2) is 85.1 Å². The lowest BCUT2D eigenvalue weighted by molar-refractivity contribution is -0.142. The summed E-state index contributed by atoms with van der Waals surface area (Å²) in [5, 5.41) is 37.0. The van der Waals surface area contributed by atoms with Crippen molar-refractivity contribution in [2.75, 3.05) is 13.6 Å². The number of urea groups is 1. The summed E-state index contributed by atoms with van der Waals surface area (Å²) < 4.78 is 0. The number of carboxylic acids is 1. The Morgan fingerprint density at radius 2 is 1.49 bits per heavy atom. The number of rotatable bonds is 11. The van der Waals surface area contributed by atoms with Gasteiger partial charge in [-0.15, -0.1) is 0 Å². The van der Waals surface area contributed by atoms with Crippen LogP contribution >= 0.6 is 0 Å². The quantitative estimate of drug-likeness (QED) is 0.107. The number of H-pyrrole nitrogens is 1. The van der Waals surface area contributed by atoms with Crippen molar-refractivity contribution in [3.63, 3.8) is 0 Å². The first-order valence-electron chi connectivity index (χ1n) is 21.2. The van der Waals surface area contributed by atoms with E-state index in [9.17, 15) is 43.8 Å². The molecule has 1 fully saturated rings. The highest BCUT2D eigenvalue weighted by molar-refractivity contribution is 5.96. The second kappa shape index (κ2) is 22.3. The van der Waals surface area contributed by atoms with E-state index in [1.54, 1.807) is 32.2 Å². The number of nitrogens with zero attached hydrogens (tertiary/aromatic N) is 1.